The summed E-state index contributed by atoms with van der Waals surface area (Å²) < 4.78 is 2.01. The maximum absolute atomic E-state index is 12.3. The molecular formula is C18H23N3O. The lowest BCUT2D eigenvalue weighted by atomic mass is 9.86. The van der Waals surface area contributed by atoms with Crippen LogP contribution < -0.4 is 0 Å². The van der Waals surface area contributed by atoms with Crippen molar-refractivity contribution in [2.24, 2.45) is 0 Å². The molecule has 0 N–H and O–H groups in total. The molecule has 0 atom stereocenters. The average molecular weight is 297 g/mol. The van der Waals surface area contributed by atoms with E-state index in [-0.39, 0.29) is 17.4 Å². The largest absolute Gasteiger partial charge is 0.315 e. The van der Waals surface area contributed by atoms with Gasteiger partial charge in [-0.2, -0.15) is 0 Å². The molecule has 116 valence electrons. The summed E-state index contributed by atoms with van der Waals surface area (Å²) in [5.74, 6) is 0.566. The van der Waals surface area contributed by atoms with Crippen molar-refractivity contribution in [3.8, 4) is 11.3 Å². The third kappa shape index (κ3) is 2.32. The molecule has 1 aliphatic heterocycles. The van der Waals surface area contributed by atoms with Crippen molar-refractivity contribution in [1.82, 2.24) is 14.5 Å². The molecule has 2 heterocycles. The lowest BCUT2D eigenvalue weighted by Gasteiger charge is -2.20. The van der Waals surface area contributed by atoms with Gasteiger partial charge >= 0.3 is 0 Å². The van der Waals surface area contributed by atoms with E-state index < -0.39 is 0 Å². The molecule has 0 aliphatic carbocycles. The first-order chi connectivity index (χ1) is 10.3. The molecule has 4 nitrogen and oxygen atoms in total. The van der Waals surface area contributed by atoms with E-state index in [9.17, 15) is 4.79 Å². The summed E-state index contributed by atoms with van der Waals surface area (Å²) in [4.78, 5) is 18.5. The van der Waals surface area contributed by atoms with Gasteiger partial charge in [0.1, 0.15) is 6.67 Å². The van der Waals surface area contributed by atoms with Gasteiger partial charge in [0.05, 0.1) is 11.9 Å². The molecule has 2 aromatic rings. The van der Waals surface area contributed by atoms with Gasteiger partial charge in [-0.3, -0.25) is 4.79 Å². The number of carbonyl (C=O) groups excluding carboxylic acids is 1. The van der Waals surface area contributed by atoms with Crippen LogP contribution in [0.15, 0.2) is 30.5 Å². The zero-order valence-corrected chi connectivity index (χ0v) is 13.9. The monoisotopic (exact) mass is 297 g/mol. The predicted molar refractivity (Wildman–Crippen MR) is 87.7 cm³/mol. The Morgan fingerprint density at radius 2 is 1.77 bits per heavy atom. The standard InChI is InChI=1S/C18H23N3O/c1-12(2)20-11-21-15(10-19-16(21)17(20)22)13-6-8-14(9-7-13)18(3,4)5/h6-10,12H,11H2,1-5H3. The number of aromatic nitrogens is 2. The smallest absolute Gasteiger partial charge is 0.291 e. The minimum absolute atomic E-state index is 0.0209. The first kappa shape index (κ1) is 14.8. The quantitative estimate of drug-likeness (QED) is 0.848. The Kier molecular flexibility index (Phi) is 3.35. The molecule has 22 heavy (non-hydrogen) atoms. The molecule has 3 rings (SSSR count). The van der Waals surface area contributed by atoms with Crippen LogP contribution in [0.5, 0.6) is 0 Å². The maximum Gasteiger partial charge on any atom is 0.291 e. The summed E-state index contributed by atoms with van der Waals surface area (Å²) in [5.41, 5.74) is 3.55. The van der Waals surface area contributed by atoms with Crippen LogP contribution in [0.4, 0.5) is 0 Å². The van der Waals surface area contributed by atoms with Crippen molar-refractivity contribution < 1.29 is 4.79 Å². The zero-order valence-electron chi connectivity index (χ0n) is 13.9. The van der Waals surface area contributed by atoms with Gasteiger partial charge in [0.2, 0.25) is 5.82 Å². The maximum atomic E-state index is 12.3. The molecule has 0 bridgehead atoms. The summed E-state index contributed by atoms with van der Waals surface area (Å²) in [6.07, 6.45) is 1.80. The summed E-state index contributed by atoms with van der Waals surface area (Å²) in [6.45, 7) is 11.3. The van der Waals surface area contributed by atoms with Gasteiger partial charge in [-0.15, -0.1) is 0 Å². The molecule has 4 heteroatoms. The zero-order chi connectivity index (χ0) is 16.1. The fourth-order valence-corrected chi connectivity index (χ4v) is 2.80. The van der Waals surface area contributed by atoms with Crippen LogP contribution in [0.1, 0.15) is 50.8 Å². The highest BCUT2D eigenvalue weighted by Gasteiger charge is 2.32. The van der Waals surface area contributed by atoms with Crippen molar-refractivity contribution >= 4 is 5.91 Å². The molecule has 0 radical (unpaired) electrons. The number of nitrogens with zero attached hydrogens (tertiary/aromatic N) is 3. The van der Waals surface area contributed by atoms with Gasteiger partial charge in [-0.25, -0.2) is 4.98 Å². The van der Waals surface area contributed by atoms with Crippen molar-refractivity contribution in [1.29, 1.82) is 0 Å². The lowest BCUT2D eigenvalue weighted by Crippen LogP contribution is -2.31. The average Bonchev–Trinajstić information content (AvgIpc) is 2.99. The number of amides is 1. The van der Waals surface area contributed by atoms with Crippen LogP contribution in [0.25, 0.3) is 11.3 Å². The molecule has 1 aliphatic rings. The van der Waals surface area contributed by atoms with Gasteiger partial charge in [-0.05, 0) is 30.4 Å². The van der Waals surface area contributed by atoms with Crippen LogP contribution in [-0.4, -0.2) is 26.4 Å². The lowest BCUT2D eigenvalue weighted by molar-refractivity contribution is 0.0714. The first-order valence-corrected chi connectivity index (χ1v) is 7.76. The van der Waals surface area contributed by atoms with E-state index in [1.54, 1.807) is 6.20 Å². The molecule has 1 aromatic heterocycles. The second-order valence-corrected chi connectivity index (χ2v) is 7.23. The van der Waals surface area contributed by atoms with Crippen molar-refractivity contribution in [2.75, 3.05) is 0 Å². The van der Waals surface area contributed by atoms with E-state index in [1.807, 2.05) is 23.3 Å². The van der Waals surface area contributed by atoms with E-state index >= 15 is 0 Å². The van der Waals surface area contributed by atoms with Gasteiger partial charge in [-0.1, -0.05) is 45.0 Å². The van der Waals surface area contributed by atoms with E-state index in [4.69, 9.17) is 0 Å². The summed E-state index contributed by atoms with van der Waals surface area (Å²) in [5, 5.41) is 0. The van der Waals surface area contributed by atoms with Crippen LogP contribution in [0.2, 0.25) is 0 Å². The van der Waals surface area contributed by atoms with Crippen LogP contribution in [0, 0.1) is 0 Å². The summed E-state index contributed by atoms with van der Waals surface area (Å²) >= 11 is 0. The predicted octanol–water partition coefficient (Wildman–Crippen LogP) is 3.67. The molecule has 0 spiro atoms. The van der Waals surface area contributed by atoms with Gasteiger partial charge in [0, 0.05) is 6.04 Å². The Morgan fingerprint density at radius 1 is 1.14 bits per heavy atom. The second kappa shape index (κ2) is 4.97. The number of rotatable bonds is 2. The summed E-state index contributed by atoms with van der Waals surface area (Å²) in [7, 11) is 0. The normalized spacial score (nSPS) is 14.8. The third-order valence-electron chi connectivity index (χ3n) is 4.27. The number of benzene rings is 1. The topological polar surface area (TPSA) is 38.1 Å². The number of carbonyl (C=O) groups is 1. The van der Waals surface area contributed by atoms with Gasteiger partial charge in [0.15, 0.2) is 0 Å². The van der Waals surface area contributed by atoms with Crippen LogP contribution in [-0.2, 0) is 12.1 Å². The highest BCUT2D eigenvalue weighted by Crippen LogP contribution is 2.29. The fourth-order valence-electron chi connectivity index (χ4n) is 2.80. The second-order valence-electron chi connectivity index (χ2n) is 7.23. The molecule has 1 aromatic carbocycles. The summed E-state index contributed by atoms with van der Waals surface area (Å²) in [6, 6.07) is 8.74. The van der Waals surface area contributed by atoms with Crippen molar-refractivity contribution in [3.05, 3.63) is 41.9 Å². The minimum Gasteiger partial charge on any atom is -0.315 e. The number of imidazole rings is 1. The minimum atomic E-state index is 0.0209. The molecule has 0 saturated heterocycles. The van der Waals surface area contributed by atoms with E-state index in [0.29, 0.717) is 12.5 Å². The van der Waals surface area contributed by atoms with E-state index in [2.05, 4.69) is 50.0 Å². The molecule has 0 fully saturated rings. The van der Waals surface area contributed by atoms with Crippen molar-refractivity contribution in [3.63, 3.8) is 0 Å². The van der Waals surface area contributed by atoms with Gasteiger partial charge < -0.3 is 9.47 Å². The van der Waals surface area contributed by atoms with Crippen LogP contribution >= 0.6 is 0 Å². The van der Waals surface area contributed by atoms with Crippen LogP contribution in [0.3, 0.4) is 0 Å². The Labute approximate surface area is 131 Å². The Bertz CT molecular complexity index is 705. The van der Waals surface area contributed by atoms with E-state index in [0.717, 1.165) is 11.3 Å². The Balaban J connectivity index is 1.96. The Hall–Kier alpha value is -2.10. The molecule has 1 amide bonds. The molecular weight excluding hydrogens is 274 g/mol. The molecule has 0 unspecified atom stereocenters. The fraction of sp³-hybridized carbons (Fsp3) is 0.444. The highest BCUT2D eigenvalue weighted by atomic mass is 16.2. The Morgan fingerprint density at radius 3 is 2.32 bits per heavy atom. The number of hydrogen-bond acceptors (Lipinski definition) is 2. The SMILES string of the molecule is CC(C)N1Cn2c(-c3ccc(C(C)(C)C)cc3)cnc2C1=O. The highest BCUT2D eigenvalue weighted by molar-refractivity contribution is 5.93. The van der Waals surface area contributed by atoms with Gasteiger partial charge in [0.25, 0.3) is 5.91 Å². The third-order valence-corrected chi connectivity index (χ3v) is 4.27. The number of fused-ring (bicyclic) bond motifs is 1. The van der Waals surface area contributed by atoms with E-state index in [1.165, 1.54) is 5.56 Å². The van der Waals surface area contributed by atoms with Crippen molar-refractivity contribution in [2.45, 2.75) is 52.7 Å². The first-order valence-electron chi connectivity index (χ1n) is 7.76. The number of hydrogen-bond donors (Lipinski definition) is 0. The molecule has 0 saturated carbocycles.